The Labute approximate surface area is 143 Å². The van der Waals surface area contributed by atoms with Crippen molar-refractivity contribution in [3.63, 3.8) is 0 Å². The summed E-state index contributed by atoms with van der Waals surface area (Å²) in [4.78, 5) is 6.85. The van der Waals surface area contributed by atoms with Crippen molar-refractivity contribution in [3.8, 4) is 11.4 Å². The summed E-state index contributed by atoms with van der Waals surface area (Å²) in [5.74, 6) is 1.37. The third-order valence-corrected chi connectivity index (χ3v) is 4.94. The van der Waals surface area contributed by atoms with Gasteiger partial charge in [0.25, 0.3) is 0 Å². The van der Waals surface area contributed by atoms with Crippen LogP contribution in [0, 0.1) is 5.92 Å². The maximum absolute atomic E-state index is 6.32. The molecule has 2 aliphatic rings. The van der Waals surface area contributed by atoms with E-state index < -0.39 is 0 Å². The average Bonchev–Trinajstić information content (AvgIpc) is 3.37. The summed E-state index contributed by atoms with van der Waals surface area (Å²) in [6.45, 7) is 3.94. The number of nitrogens with zero attached hydrogens (tertiary/aromatic N) is 3. The minimum atomic E-state index is 0.274. The van der Waals surface area contributed by atoms with Gasteiger partial charge in [-0.05, 0) is 25.2 Å². The topological polar surface area (TPSA) is 51.4 Å². The van der Waals surface area contributed by atoms with Crippen LogP contribution in [0.15, 0.2) is 34.9 Å². The van der Waals surface area contributed by atoms with Gasteiger partial charge < -0.3 is 14.2 Å². The van der Waals surface area contributed by atoms with Gasteiger partial charge in [-0.1, -0.05) is 55.3 Å². The molecule has 5 nitrogen and oxygen atoms in total. The smallest absolute Gasteiger partial charge is 0.324 e. The van der Waals surface area contributed by atoms with E-state index in [0.717, 1.165) is 25.1 Å². The second kappa shape index (κ2) is 6.93. The number of morpholine rings is 1. The highest BCUT2D eigenvalue weighted by molar-refractivity contribution is 5.55. The van der Waals surface area contributed by atoms with Gasteiger partial charge in [0.15, 0.2) is 0 Å². The first-order valence-electron chi connectivity index (χ1n) is 9.13. The van der Waals surface area contributed by atoms with Gasteiger partial charge in [-0.25, -0.2) is 0 Å². The molecule has 1 aliphatic heterocycles. The van der Waals surface area contributed by atoms with Crippen molar-refractivity contribution >= 4 is 6.01 Å². The Hall–Kier alpha value is -1.88. The quantitative estimate of drug-likeness (QED) is 0.805. The average molecular weight is 327 g/mol. The Morgan fingerprint density at radius 3 is 2.75 bits per heavy atom. The van der Waals surface area contributed by atoms with Crippen molar-refractivity contribution in [2.45, 2.75) is 51.2 Å². The van der Waals surface area contributed by atoms with Crippen LogP contribution in [0.3, 0.4) is 0 Å². The summed E-state index contributed by atoms with van der Waals surface area (Å²) in [6, 6.07) is 10.6. The molecule has 0 radical (unpaired) electrons. The highest BCUT2D eigenvalue weighted by atomic mass is 16.5. The first-order valence-corrected chi connectivity index (χ1v) is 9.13. The summed E-state index contributed by atoms with van der Waals surface area (Å²) in [5.41, 5.74) is 0.988. The fourth-order valence-corrected chi connectivity index (χ4v) is 3.39. The number of anilines is 1. The van der Waals surface area contributed by atoms with E-state index in [1.807, 2.05) is 30.3 Å². The monoisotopic (exact) mass is 327 g/mol. The highest BCUT2D eigenvalue weighted by Gasteiger charge is 2.39. The zero-order valence-corrected chi connectivity index (χ0v) is 14.2. The molecule has 1 saturated heterocycles. The first kappa shape index (κ1) is 15.6. The molecule has 24 heavy (non-hydrogen) atoms. The number of rotatable bonds is 6. The lowest BCUT2D eigenvalue weighted by Crippen LogP contribution is -2.48. The van der Waals surface area contributed by atoms with Gasteiger partial charge in [0.05, 0.1) is 12.2 Å². The number of hydrogen-bond acceptors (Lipinski definition) is 5. The van der Waals surface area contributed by atoms with E-state index in [0.29, 0.717) is 23.9 Å². The summed E-state index contributed by atoms with van der Waals surface area (Å²) in [6.07, 6.45) is 6.68. The largest absolute Gasteiger partial charge is 0.371 e. The molecule has 0 amide bonds. The lowest BCUT2D eigenvalue weighted by Gasteiger charge is -2.37. The maximum atomic E-state index is 6.32. The number of unbranched alkanes of at least 4 members (excludes halogenated alkanes) is 1. The van der Waals surface area contributed by atoms with E-state index >= 15 is 0 Å². The van der Waals surface area contributed by atoms with Crippen molar-refractivity contribution < 1.29 is 9.26 Å². The zero-order valence-electron chi connectivity index (χ0n) is 14.2. The molecule has 1 aliphatic carbocycles. The summed E-state index contributed by atoms with van der Waals surface area (Å²) in [7, 11) is 0. The third kappa shape index (κ3) is 3.46. The number of benzene rings is 1. The normalized spacial score (nSPS) is 24.3. The van der Waals surface area contributed by atoms with Crippen LogP contribution in [-0.2, 0) is 4.74 Å². The van der Waals surface area contributed by atoms with Crippen molar-refractivity contribution in [1.82, 2.24) is 10.1 Å². The van der Waals surface area contributed by atoms with Crippen LogP contribution in [0.2, 0.25) is 0 Å². The van der Waals surface area contributed by atoms with E-state index in [4.69, 9.17) is 9.26 Å². The SMILES string of the molecule is CCCC[C@@H]1CN(c2nc(-c3ccccc3)no2)C[C@H](C2CC2)O1. The first-order chi connectivity index (χ1) is 11.8. The van der Waals surface area contributed by atoms with Crippen molar-refractivity contribution in [2.75, 3.05) is 18.0 Å². The van der Waals surface area contributed by atoms with Crippen molar-refractivity contribution in [1.29, 1.82) is 0 Å². The molecular formula is C19H25N3O2. The number of hydrogen-bond donors (Lipinski definition) is 0. The molecule has 2 heterocycles. The van der Waals surface area contributed by atoms with Gasteiger partial charge in [-0.3, -0.25) is 0 Å². The van der Waals surface area contributed by atoms with Crippen LogP contribution >= 0.6 is 0 Å². The molecule has 4 rings (SSSR count). The Kier molecular flexibility index (Phi) is 4.52. The van der Waals surface area contributed by atoms with Crippen LogP contribution < -0.4 is 4.90 Å². The molecule has 2 aromatic rings. The van der Waals surface area contributed by atoms with Gasteiger partial charge in [0.2, 0.25) is 5.82 Å². The summed E-state index contributed by atoms with van der Waals surface area (Å²) >= 11 is 0. The second-order valence-corrected chi connectivity index (χ2v) is 6.95. The molecule has 2 fully saturated rings. The van der Waals surface area contributed by atoms with Crippen LogP contribution in [0.4, 0.5) is 6.01 Å². The van der Waals surface area contributed by atoms with E-state index in [1.165, 1.54) is 25.7 Å². The Morgan fingerprint density at radius 1 is 1.17 bits per heavy atom. The van der Waals surface area contributed by atoms with Crippen molar-refractivity contribution in [3.05, 3.63) is 30.3 Å². The molecular weight excluding hydrogens is 302 g/mol. The van der Waals surface area contributed by atoms with Gasteiger partial charge in [-0.2, -0.15) is 4.98 Å². The maximum Gasteiger partial charge on any atom is 0.324 e. The fraction of sp³-hybridized carbons (Fsp3) is 0.579. The Balaban J connectivity index is 1.50. The lowest BCUT2D eigenvalue weighted by atomic mass is 10.1. The molecule has 2 atom stereocenters. The molecule has 0 N–H and O–H groups in total. The second-order valence-electron chi connectivity index (χ2n) is 6.95. The molecule has 128 valence electrons. The Morgan fingerprint density at radius 2 is 2.00 bits per heavy atom. The van der Waals surface area contributed by atoms with Gasteiger partial charge in [0, 0.05) is 18.7 Å². The lowest BCUT2D eigenvalue weighted by molar-refractivity contribution is -0.0424. The minimum Gasteiger partial charge on any atom is -0.371 e. The molecule has 0 bridgehead atoms. The fourth-order valence-electron chi connectivity index (χ4n) is 3.39. The number of ether oxygens (including phenoxy) is 1. The highest BCUT2D eigenvalue weighted by Crippen LogP contribution is 2.38. The van der Waals surface area contributed by atoms with Gasteiger partial charge in [0.1, 0.15) is 0 Å². The summed E-state index contributed by atoms with van der Waals surface area (Å²) < 4.78 is 11.9. The summed E-state index contributed by atoms with van der Waals surface area (Å²) in [5, 5.41) is 4.17. The van der Waals surface area contributed by atoms with Crippen LogP contribution in [0.5, 0.6) is 0 Å². The van der Waals surface area contributed by atoms with Gasteiger partial charge in [-0.15, -0.1) is 0 Å². The predicted octanol–water partition coefficient (Wildman–Crippen LogP) is 3.91. The van der Waals surface area contributed by atoms with Crippen LogP contribution in [0.25, 0.3) is 11.4 Å². The van der Waals surface area contributed by atoms with Crippen LogP contribution in [-0.4, -0.2) is 35.4 Å². The standard InChI is InChI=1S/C19H25N3O2/c1-2-3-9-16-12-22(13-17(23-16)14-10-11-14)19-20-18(21-24-19)15-7-5-4-6-8-15/h4-8,14,16-17H,2-3,9-13H2,1H3/t16-,17-/m1/s1. The van der Waals surface area contributed by atoms with E-state index in [2.05, 4.69) is 22.0 Å². The van der Waals surface area contributed by atoms with Crippen LogP contribution in [0.1, 0.15) is 39.0 Å². The molecule has 0 unspecified atom stereocenters. The van der Waals surface area contributed by atoms with E-state index in [-0.39, 0.29) is 6.10 Å². The molecule has 0 spiro atoms. The molecule has 1 aromatic heterocycles. The van der Waals surface area contributed by atoms with E-state index in [9.17, 15) is 0 Å². The minimum absolute atomic E-state index is 0.274. The molecule has 5 heteroatoms. The van der Waals surface area contributed by atoms with Gasteiger partial charge >= 0.3 is 6.01 Å². The zero-order chi connectivity index (χ0) is 16.4. The van der Waals surface area contributed by atoms with E-state index in [1.54, 1.807) is 0 Å². The molecule has 1 saturated carbocycles. The number of aromatic nitrogens is 2. The third-order valence-electron chi connectivity index (χ3n) is 4.94. The Bertz CT molecular complexity index is 654. The van der Waals surface area contributed by atoms with Crippen molar-refractivity contribution in [2.24, 2.45) is 5.92 Å². The predicted molar refractivity (Wildman–Crippen MR) is 92.9 cm³/mol. The molecule has 1 aromatic carbocycles.